The van der Waals surface area contributed by atoms with Crippen molar-refractivity contribution in [2.45, 2.75) is 25.7 Å². The molecule has 0 aromatic heterocycles. The first kappa shape index (κ1) is 12.6. The predicted molar refractivity (Wildman–Crippen MR) is 61.8 cm³/mol. The van der Waals surface area contributed by atoms with E-state index in [0.29, 0.717) is 5.92 Å². The fraction of sp³-hybridized carbons (Fsp3) is 0.357. The van der Waals surface area contributed by atoms with Gasteiger partial charge in [0.2, 0.25) is 0 Å². The Hall–Kier alpha value is -0.443. The quantitative estimate of drug-likeness (QED) is 0.460. The molecule has 0 saturated heterocycles. The van der Waals surface area contributed by atoms with E-state index in [-0.39, 0.29) is 18.9 Å². The Morgan fingerprint density at radius 2 is 1.60 bits per heavy atom. The van der Waals surface area contributed by atoms with Crippen LogP contribution < -0.4 is 18.9 Å². The van der Waals surface area contributed by atoms with Crippen molar-refractivity contribution in [2.24, 2.45) is 5.92 Å². The molecule has 0 N–H and O–H groups in total. The van der Waals surface area contributed by atoms with Crippen LogP contribution in [0.5, 0.6) is 0 Å². The Kier molecular flexibility index (Phi) is 5.23. The summed E-state index contributed by atoms with van der Waals surface area (Å²) in [5.41, 5.74) is 3.15. The van der Waals surface area contributed by atoms with Crippen molar-refractivity contribution in [3.63, 3.8) is 0 Å². The van der Waals surface area contributed by atoms with Crippen molar-refractivity contribution in [3.8, 4) is 0 Å². The van der Waals surface area contributed by atoms with E-state index in [1.807, 2.05) is 0 Å². The van der Waals surface area contributed by atoms with Crippen molar-refractivity contribution in [3.05, 3.63) is 54.5 Å². The minimum atomic E-state index is 0. The van der Waals surface area contributed by atoms with Crippen LogP contribution in [-0.2, 0) is 0 Å². The number of hydrogen-bond donors (Lipinski definition) is 0. The molecule has 15 heavy (non-hydrogen) atoms. The number of hydrogen-bond acceptors (Lipinski definition) is 0. The molecule has 0 aromatic rings. The average molecular weight is 192 g/mol. The molecule has 0 atom stereocenters. The van der Waals surface area contributed by atoms with E-state index < -0.39 is 0 Å². The Morgan fingerprint density at radius 3 is 1.93 bits per heavy atom. The molecule has 0 heterocycles. The zero-order valence-corrected chi connectivity index (χ0v) is 9.58. The zero-order valence-electron chi connectivity index (χ0n) is 9.58. The van der Waals surface area contributed by atoms with E-state index >= 15 is 0 Å². The van der Waals surface area contributed by atoms with E-state index in [4.69, 9.17) is 0 Å². The summed E-state index contributed by atoms with van der Waals surface area (Å²) in [6.07, 6.45) is 17.9. The van der Waals surface area contributed by atoms with E-state index in [1.165, 1.54) is 6.42 Å². The summed E-state index contributed by atoms with van der Waals surface area (Å²) in [6.45, 7) is 3.97. The normalized spacial score (nSPS) is 18.0. The fourth-order valence-electron chi connectivity index (χ4n) is 2.26. The van der Waals surface area contributed by atoms with Crippen LogP contribution in [0.3, 0.4) is 0 Å². The summed E-state index contributed by atoms with van der Waals surface area (Å²) in [4.78, 5) is 0. The maximum Gasteiger partial charge on any atom is 1.00 e. The fourth-order valence-corrected chi connectivity index (χ4v) is 2.26. The third kappa shape index (κ3) is 3.00. The third-order valence-corrected chi connectivity index (χ3v) is 2.99. The first-order chi connectivity index (χ1) is 6.92. The molecule has 0 saturated carbocycles. The molecule has 2 aliphatic carbocycles. The summed E-state index contributed by atoms with van der Waals surface area (Å²) in [7, 11) is 0. The molecular weight excluding hydrogens is 175 g/mol. The summed E-state index contributed by atoms with van der Waals surface area (Å²) in [5, 5.41) is 0. The molecule has 0 radical (unpaired) electrons. The second kappa shape index (κ2) is 6.21. The van der Waals surface area contributed by atoms with Gasteiger partial charge in [-0.15, -0.1) is 0 Å². The standard InChI is InChI=1S/C14H17.Li/c1-2-7-14(12-8-3-4-9-12)13-10-5-6-11-13;/h3-6,8,10,14H,1-2,7,9,11H2;/q-1;+1. The van der Waals surface area contributed by atoms with Gasteiger partial charge < -0.3 is 6.92 Å². The molecule has 0 bridgehead atoms. The van der Waals surface area contributed by atoms with E-state index in [0.717, 1.165) is 19.3 Å². The van der Waals surface area contributed by atoms with Crippen molar-refractivity contribution in [1.82, 2.24) is 0 Å². The van der Waals surface area contributed by atoms with Crippen LogP contribution in [0.15, 0.2) is 47.6 Å². The molecule has 0 spiro atoms. The van der Waals surface area contributed by atoms with Crippen LogP contribution in [0.1, 0.15) is 25.7 Å². The summed E-state index contributed by atoms with van der Waals surface area (Å²) in [6, 6.07) is 0. The Balaban J connectivity index is 0.00000112. The molecule has 0 nitrogen and oxygen atoms in total. The molecule has 0 aliphatic heterocycles. The van der Waals surface area contributed by atoms with Gasteiger partial charge in [-0.1, -0.05) is 54.0 Å². The van der Waals surface area contributed by atoms with Gasteiger partial charge in [0.25, 0.3) is 0 Å². The van der Waals surface area contributed by atoms with Crippen LogP contribution in [0, 0.1) is 12.8 Å². The topological polar surface area (TPSA) is 0 Å². The number of rotatable bonds is 4. The molecular formula is C14H17Li. The van der Waals surface area contributed by atoms with Gasteiger partial charge in [-0.3, -0.25) is 0 Å². The molecule has 0 fully saturated rings. The Morgan fingerprint density at radius 1 is 1.07 bits per heavy atom. The molecule has 0 aromatic carbocycles. The first-order valence-electron chi connectivity index (χ1n) is 5.42. The minimum Gasteiger partial charge on any atom is -0.343 e. The zero-order chi connectivity index (χ0) is 9.80. The van der Waals surface area contributed by atoms with Gasteiger partial charge in [-0.05, 0) is 18.8 Å². The van der Waals surface area contributed by atoms with Gasteiger partial charge in [0.15, 0.2) is 0 Å². The Bertz CT molecular complexity index is 288. The van der Waals surface area contributed by atoms with Crippen molar-refractivity contribution < 1.29 is 18.9 Å². The van der Waals surface area contributed by atoms with Crippen LogP contribution in [0.4, 0.5) is 0 Å². The molecule has 2 rings (SSSR count). The summed E-state index contributed by atoms with van der Waals surface area (Å²) >= 11 is 0. The van der Waals surface area contributed by atoms with Crippen LogP contribution in [0.25, 0.3) is 0 Å². The largest absolute Gasteiger partial charge is 1.00 e. The SMILES string of the molecule is [CH2-]CCC(C1=CC=CC1)C1=CC=CC1.[Li+]. The van der Waals surface area contributed by atoms with Crippen molar-refractivity contribution in [1.29, 1.82) is 0 Å². The summed E-state index contributed by atoms with van der Waals surface area (Å²) < 4.78 is 0. The third-order valence-electron chi connectivity index (χ3n) is 2.99. The van der Waals surface area contributed by atoms with Crippen LogP contribution >= 0.6 is 0 Å². The first-order valence-corrected chi connectivity index (χ1v) is 5.42. The average Bonchev–Trinajstić information content (AvgIpc) is 2.87. The molecule has 0 unspecified atom stereocenters. The van der Waals surface area contributed by atoms with Gasteiger partial charge in [-0.25, -0.2) is 0 Å². The molecule has 1 heteroatoms. The summed E-state index contributed by atoms with van der Waals surface area (Å²) in [5.74, 6) is 0.650. The van der Waals surface area contributed by atoms with Crippen LogP contribution in [-0.4, -0.2) is 0 Å². The van der Waals surface area contributed by atoms with Gasteiger partial charge in [-0.2, -0.15) is 6.42 Å². The van der Waals surface area contributed by atoms with Crippen LogP contribution in [0.2, 0.25) is 0 Å². The molecule has 2 aliphatic rings. The van der Waals surface area contributed by atoms with E-state index in [9.17, 15) is 0 Å². The maximum atomic E-state index is 3.97. The van der Waals surface area contributed by atoms with Crippen molar-refractivity contribution >= 4 is 0 Å². The maximum absolute atomic E-state index is 3.97. The second-order valence-corrected chi connectivity index (χ2v) is 3.94. The smallest absolute Gasteiger partial charge is 0.343 e. The van der Waals surface area contributed by atoms with Gasteiger partial charge in [0.05, 0.1) is 0 Å². The van der Waals surface area contributed by atoms with E-state index in [2.05, 4.69) is 43.4 Å². The van der Waals surface area contributed by atoms with Gasteiger partial charge >= 0.3 is 18.9 Å². The van der Waals surface area contributed by atoms with Crippen molar-refractivity contribution in [2.75, 3.05) is 0 Å². The van der Waals surface area contributed by atoms with Gasteiger partial charge in [0, 0.05) is 0 Å². The number of allylic oxidation sites excluding steroid dienone is 8. The molecule has 0 amide bonds. The Labute approximate surface area is 105 Å². The van der Waals surface area contributed by atoms with Gasteiger partial charge in [0.1, 0.15) is 0 Å². The minimum absolute atomic E-state index is 0. The van der Waals surface area contributed by atoms with E-state index in [1.54, 1.807) is 11.1 Å². The molecule has 74 valence electrons. The predicted octanol–water partition coefficient (Wildman–Crippen LogP) is 0.993. The second-order valence-electron chi connectivity index (χ2n) is 3.94. The monoisotopic (exact) mass is 192 g/mol.